The van der Waals surface area contributed by atoms with Crippen molar-refractivity contribution < 1.29 is 0 Å². The number of thiophene rings is 1. The van der Waals surface area contributed by atoms with Gasteiger partial charge in [-0.1, -0.05) is 6.92 Å². The number of thioether (sulfide) groups is 1. The summed E-state index contributed by atoms with van der Waals surface area (Å²) < 4.78 is 1.26. The first-order chi connectivity index (χ1) is 4.84. The third kappa shape index (κ3) is 2.29. The Balaban J connectivity index is 2.49. The molecule has 10 heavy (non-hydrogen) atoms. The number of rotatable bonds is 3. The first kappa shape index (κ1) is 8.62. The van der Waals surface area contributed by atoms with Crippen molar-refractivity contribution in [2.45, 2.75) is 12.7 Å². The first-order valence-corrected chi connectivity index (χ1v) is 5.97. The summed E-state index contributed by atoms with van der Waals surface area (Å²) in [5.41, 5.74) is 0. The molecule has 0 aliphatic carbocycles. The van der Waals surface area contributed by atoms with Gasteiger partial charge in [-0.3, -0.25) is 0 Å². The molecule has 1 aromatic rings. The quantitative estimate of drug-likeness (QED) is 0.771. The lowest BCUT2D eigenvalue weighted by Gasteiger charge is -1.94. The first-order valence-electron chi connectivity index (χ1n) is 3.14. The van der Waals surface area contributed by atoms with Gasteiger partial charge in [-0.2, -0.15) is 11.8 Å². The summed E-state index contributed by atoms with van der Waals surface area (Å²) in [4.78, 5) is 1.45. The predicted molar refractivity (Wildman–Crippen MR) is 53.9 cm³/mol. The van der Waals surface area contributed by atoms with E-state index < -0.39 is 0 Å². The molecule has 0 fully saturated rings. The van der Waals surface area contributed by atoms with E-state index in [1.165, 1.54) is 15.1 Å². The van der Waals surface area contributed by atoms with Crippen LogP contribution in [-0.2, 0) is 5.75 Å². The molecule has 0 aromatic carbocycles. The van der Waals surface area contributed by atoms with E-state index in [2.05, 4.69) is 34.3 Å². The Labute approximate surface area is 78.2 Å². The summed E-state index contributed by atoms with van der Waals surface area (Å²) in [5, 5.41) is 2.12. The normalized spacial score (nSPS) is 10.2. The maximum atomic E-state index is 3.49. The van der Waals surface area contributed by atoms with Crippen LogP contribution in [0.4, 0.5) is 0 Å². The Morgan fingerprint density at radius 3 is 3.00 bits per heavy atom. The zero-order valence-electron chi connectivity index (χ0n) is 5.76. The lowest BCUT2D eigenvalue weighted by Crippen LogP contribution is -1.74. The monoisotopic (exact) mass is 236 g/mol. The van der Waals surface area contributed by atoms with E-state index >= 15 is 0 Å². The van der Waals surface area contributed by atoms with Crippen molar-refractivity contribution in [3.8, 4) is 0 Å². The predicted octanol–water partition coefficient (Wildman–Crippen LogP) is 3.76. The highest BCUT2D eigenvalue weighted by atomic mass is 79.9. The molecule has 3 heteroatoms. The molecule has 1 rings (SSSR count). The smallest absolute Gasteiger partial charge is 0.0322 e. The Morgan fingerprint density at radius 2 is 2.50 bits per heavy atom. The van der Waals surface area contributed by atoms with Crippen molar-refractivity contribution in [2.75, 3.05) is 5.75 Å². The molecule has 0 amide bonds. The maximum Gasteiger partial charge on any atom is 0.0322 e. The molecule has 0 atom stereocenters. The fourth-order valence-corrected chi connectivity index (χ4v) is 3.15. The average molecular weight is 237 g/mol. The Bertz CT molecular complexity index is 195. The lowest BCUT2D eigenvalue weighted by molar-refractivity contribution is 1.46. The van der Waals surface area contributed by atoms with Gasteiger partial charge in [-0.15, -0.1) is 11.3 Å². The minimum absolute atomic E-state index is 1.15. The molecular weight excluding hydrogens is 228 g/mol. The summed E-state index contributed by atoms with van der Waals surface area (Å²) in [6.07, 6.45) is 0. The van der Waals surface area contributed by atoms with E-state index in [0.717, 1.165) is 5.75 Å². The molecule has 0 aliphatic heterocycles. The second kappa shape index (κ2) is 4.42. The maximum absolute atomic E-state index is 3.49. The fraction of sp³-hybridized carbons (Fsp3) is 0.429. The van der Waals surface area contributed by atoms with Crippen LogP contribution in [0.15, 0.2) is 15.9 Å². The van der Waals surface area contributed by atoms with Gasteiger partial charge in [0.25, 0.3) is 0 Å². The molecule has 0 radical (unpaired) electrons. The van der Waals surface area contributed by atoms with E-state index in [1.807, 2.05) is 23.1 Å². The van der Waals surface area contributed by atoms with Crippen LogP contribution >= 0.6 is 39.0 Å². The molecule has 56 valence electrons. The third-order valence-corrected chi connectivity index (χ3v) is 4.14. The minimum atomic E-state index is 1.15. The second-order valence-corrected chi connectivity index (χ2v) is 4.96. The van der Waals surface area contributed by atoms with Crippen LogP contribution in [0.3, 0.4) is 0 Å². The molecule has 0 saturated carbocycles. The van der Waals surface area contributed by atoms with Gasteiger partial charge in [-0.25, -0.2) is 0 Å². The molecule has 0 saturated heterocycles. The standard InChI is InChI=1S/C7H9BrS2/c1-2-9-5-7-6(8)3-4-10-7/h3-4H,2,5H2,1H3. The summed E-state index contributed by atoms with van der Waals surface area (Å²) in [6.45, 7) is 2.19. The van der Waals surface area contributed by atoms with Crippen molar-refractivity contribution in [2.24, 2.45) is 0 Å². The van der Waals surface area contributed by atoms with Gasteiger partial charge in [0.1, 0.15) is 0 Å². The van der Waals surface area contributed by atoms with E-state index in [4.69, 9.17) is 0 Å². The third-order valence-electron chi connectivity index (χ3n) is 1.13. The van der Waals surface area contributed by atoms with Gasteiger partial charge >= 0.3 is 0 Å². The van der Waals surface area contributed by atoms with Crippen LogP contribution in [0.5, 0.6) is 0 Å². The van der Waals surface area contributed by atoms with Gasteiger partial charge in [-0.05, 0) is 33.1 Å². The Kier molecular flexibility index (Phi) is 3.81. The SMILES string of the molecule is CCSCc1sccc1Br. The largest absolute Gasteiger partial charge is 0.157 e. The zero-order chi connectivity index (χ0) is 7.40. The topological polar surface area (TPSA) is 0 Å². The van der Waals surface area contributed by atoms with E-state index in [9.17, 15) is 0 Å². The molecule has 1 aromatic heterocycles. The van der Waals surface area contributed by atoms with Crippen molar-refractivity contribution in [1.82, 2.24) is 0 Å². The van der Waals surface area contributed by atoms with Gasteiger partial charge in [0, 0.05) is 15.1 Å². The van der Waals surface area contributed by atoms with Crippen LogP contribution in [0, 0.1) is 0 Å². The fourth-order valence-electron chi connectivity index (χ4n) is 0.623. The van der Waals surface area contributed by atoms with Gasteiger partial charge in [0.05, 0.1) is 0 Å². The van der Waals surface area contributed by atoms with Crippen molar-refractivity contribution in [1.29, 1.82) is 0 Å². The van der Waals surface area contributed by atoms with Gasteiger partial charge in [0.2, 0.25) is 0 Å². The molecule has 0 N–H and O–H groups in total. The van der Waals surface area contributed by atoms with Gasteiger partial charge in [0.15, 0.2) is 0 Å². The van der Waals surface area contributed by atoms with Crippen LogP contribution in [0.2, 0.25) is 0 Å². The lowest BCUT2D eigenvalue weighted by atomic mass is 10.5. The molecule has 0 aliphatic rings. The molecule has 0 spiro atoms. The molecule has 0 nitrogen and oxygen atoms in total. The van der Waals surface area contributed by atoms with Crippen LogP contribution in [0.1, 0.15) is 11.8 Å². The van der Waals surface area contributed by atoms with Crippen LogP contribution < -0.4 is 0 Å². The summed E-state index contributed by atoms with van der Waals surface area (Å²) in [5.74, 6) is 2.35. The minimum Gasteiger partial charge on any atom is -0.157 e. The van der Waals surface area contributed by atoms with Crippen molar-refractivity contribution in [3.63, 3.8) is 0 Å². The van der Waals surface area contributed by atoms with Crippen LogP contribution in [-0.4, -0.2) is 5.75 Å². The van der Waals surface area contributed by atoms with E-state index in [0.29, 0.717) is 0 Å². The summed E-state index contributed by atoms with van der Waals surface area (Å²) in [7, 11) is 0. The Morgan fingerprint density at radius 1 is 1.70 bits per heavy atom. The summed E-state index contributed by atoms with van der Waals surface area (Å²) in [6, 6.07) is 2.11. The molecular formula is C7H9BrS2. The highest BCUT2D eigenvalue weighted by molar-refractivity contribution is 9.10. The van der Waals surface area contributed by atoms with E-state index in [1.54, 1.807) is 0 Å². The highest BCUT2D eigenvalue weighted by Gasteiger charge is 1.98. The van der Waals surface area contributed by atoms with Crippen molar-refractivity contribution >= 4 is 39.0 Å². The van der Waals surface area contributed by atoms with Crippen molar-refractivity contribution in [3.05, 3.63) is 20.8 Å². The second-order valence-electron chi connectivity index (χ2n) is 1.83. The van der Waals surface area contributed by atoms with Gasteiger partial charge < -0.3 is 0 Å². The average Bonchev–Trinajstić information content (AvgIpc) is 2.31. The zero-order valence-corrected chi connectivity index (χ0v) is 8.98. The number of hydrogen-bond acceptors (Lipinski definition) is 2. The molecule has 0 bridgehead atoms. The molecule has 1 heterocycles. The number of halogens is 1. The number of hydrogen-bond donors (Lipinski definition) is 0. The van der Waals surface area contributed by atoms with E-state index in [-0.39, 0.29) is 0 Å². The summed E-state index contributed by atoms with van der Waals surface area (Å²) >= 11 is 7.28. The Hall–Kier alpha value is 0.530. The van der Waals surface area contributed by atoms with Crippen LogP contribution in [0.25, 0.3) is 0 Å². The molecule has 0 unspecified atom stereocenters. The highest BCUT2D eigenvalue weighted by Crippen LogP contribution is 2.26.